The van der Waals surface area contributed by atoms with E-state index in [2.05, 4.69) is 36.9 Å². The summed E-state index contributed by atoms with van der Waals surface area (Å²) in [6, 6.07) is -1.07. The number of ether oxygens (including phenoxy) is 1. The Labute approximate surface area is 144 Å². The SMILES string of the molecule is C=CCNc1nc(OC(C(F)(F)F)C(F)(F)F)nc(N2CCNCC2)n1. The molecule has 0 bridgehead atoms. The highest BCUT2D eigenvalue weighted by atomic mass is 19.4. The van der Waals surface area contributed by atoms with Gasteiger partial charge in [-0.15, -0.1) is 6.58 Å². The summed E-state index contributed by atoms with van der Waals surface area (Å²) in [5.41, 5.74) is 0. The average molecular weight is 386 g/mol. The van der Waals surface area contributed by atoms with E-state index in [9.17, 15) is 26.3 Å². The van der Waals surface area contributed by atoms with E-state index in [-0.39, 0.29) is 18.4 Å². The van der Waals surface area contributed by atoms with Crippen LogP contribution < -0.4 is 20.3 Å². The van der Waals surface area contributed by atoms with Gasteiger partial charge in [0.15, 0.2) is 0 Å². The molecule has 1 saturated heterocycles. The van der Waals surface area contributed by atoms with Crippen LogP contribution >= 0.6 is 0 Å². The van der Waals surface area contributed by atoms with Crippen molar-refractivity contribution >= 4 is 11.9 Å². The number of alkyl halides is 6. The van der Waals surface area contributed by atoms with Crippen molar-refractivity contribution in [1.29, 1.82) is 0 Å². The maximum Gasteiger partial charge on any atom is 0.434 e. The normalized spacial score (nSPS) is 15.9. The largest absolute Gasteiger partial charge is 0.440 e. The summed E-state index contributed by atoms with van der Waals surface area (Å²) in [5.74, 6) is -0.294. The van der Waals surface area contributed by atoms with E-state index in [1.54, 1.807) is 4.90 Å². The first-order chi connectivity index (χ1) is 12.1. The van der Waals surface area contributed by atoms with Gasteiger partial charge in [-0.25, -0.2) is 0 Å². The molecule has 26 heavy (non-hydrogen) atoms. The lowest BCUT2D eigenvalue weighted by molar-refractivity contribution is -0.301. The molecule has 1 aliphatic rings. The fourth-order valence-corrected chi connectivity index (χ4v) is 2.07. The number of hydrogen-bond donors (Lipinski definition) is 2. The van der Waals surface area contributed by atoms with E-state index in [0.29, 0.717) is 26.2 Å². The van der Waals surface area contributed by atoms with Crippen LogP contribution in [0.2, 0.25) is 0 Å². The maximum absolute atomic E-state index is 12.7. The minimum Gasteiger partial charge on any atom is -0.440 e. The Morgan fingerprint density at radius 1 is 1.12 bits per heavy atom. The first kappa shape index (κ1) is 20.0. The van der Waals surface area contributed by atoms with Crippen LogP contribution in [-0.4, -0.2) is 66.1 Å². The van der Waals surface area contributed by atoms with Crippen LogP contribution in [0.15, 0.2) is 12.7 Å². The second-order valence-electron chi connectivity index (χ2n) is 5.23. The number of nitrogens with zero attached hydrogens (tertiary/aromatic N) is 4. The van der Waals surface area contributed by atoms with Gasteiger partial charge in [-0.2, -0.15) is 41.3 Å². The zero-order valence-electron chi connectivity index (χ0n) is 13.4. The Morgan fingerprint density at radius 2 is 1.73 bits per heavy atom. The molecule has 7 nitrogen and oxygen atoms in total. The molecule has 0 aliphatic carbocycles. The molecule has 2 rings (SSSR count). The smallest absolute Gasteiger partial charge is 0.434 e. The summed E-state index contributed by atoms with van der Waals surface area (Å²) in [6.45, 7) is 5.55. The number of nitrogens with one attached hydrogen (secondary N) is 2. The molecule has 1 aromatic heterocycles. The average Bonchev–Trinajstić information content (AvgIpc) is 2.56. The molecule has 0 amide bonds. The van der Waals surface area contributed by atoms with Gasteiger partial charge in [0.2, 0.25) is 11.9 Å². The lowest BCUT2D eigenvalue weighted by atomic mass is 10.3. The zero-order chi connectivity index (χ0) is 19.4. The monoisotopic (exact) mass is 386 g/mol. The van der Waals surface area contributed by atoms with Crippen molar-refractivity contribution in [2.45, 2.75) is 18.5 Å². The van der Waals surface area contributed by atoms with Crippen molar-refractivity contribution in [2.24, 2.45) is 0 Å². The van der Waals surface area contributed by atoms with E-state index < -0.39 is 24.5 Å². The Balaban J connectivity index is 2.34. The van der Waals surface area contributed by atoms with Crippen LogP contribution in [0.1, 0.15) is 0 Å². The number of anilines is 2. The van der Waals surface area contributed by atoms with Crippen molar-refractivity contribution in [1.82, 2.24) is 20.3 Å². The van der Waals surface area contributed by atoms with E-state index in [1.807, 2.05) is 0 Å². The van der Waals surface area contributed by atoms with E-state index in [0.717, 1.165) is 0 Å². The summed E-state index contributed by atoms with van der Waals surface area (Å²) in [7, 11) is 0. The highest BCUT2D eigenvalue weighted by Gasteiger charge is 2.59. The van der Waals surface area contributed by atoms with Gasteiger partial charge in [0.05, 0.1) is 0 Å². The van der Waals surface area contributed by atoms with Crippen LogP contribution in [0.3, 0.4) is 0 Å². The molecular weight excluding hydrogens is 370 g/mol. The van der Waals surface area contributed by atoms with Crippen molar-refractivity contribution in [3.05, 3.63) is 12.7 Å². The first-order valence-electron chi connectivity index (χ1n) is 7.48. The standard InChI is InChI=1S/C13H16F6N6O/c1-2-3-21-9-22-10(25-6-4-20-5-7-25)24-11(23-9)26-8(12(14,15)16)13(17,18)19/h2,8,20H,1,3-7H2,(H,21,22,23,24). The molecule has 0 spiro atoms. The van der Waals surface area contributed by atoms with E-state index in [1.165, 1.54) is 6.08 Å². The molecule has 0 unspecified atom stereocenters. The second kappa shape index (κ2) is 7.93. The minimum atomic E-state index is -5.67. The van der Waals surface area contributed by atoms with E-state index >= 15 is 0 Å². The van der Waals surface area contributed by atoms with Gasteiger partial charge in [0.1, 0.15) is 0 Å². The van der Waals surface area contributed by atoms with Gasteiger partial charge < -0.3 is 20.3 Å². The fraction of sp³-hybridized carbons (Fsp3) is 0.615. The molecule has 0 atom stereocenters. The van der Waals surface area contributed by atoms with Crippen molar-refractivity contribution < 1.29 is 31.1 Å². The molecule has 1 aliphatic heterocycles. The molecule has 2 heterocycles. The molecule has 2 N–H and O–H groups in total. The lowest BCUT2D eigenvalue weighted by Gasteiger charge is -2.28. The van der Waals surface area contributed by atoms with Crippen molar-refractivity contribution in [3.63, 3.8) is 0 Å². The Hall–Kier alpha value is -2.31. The second-order valence-corrected chi connectivity index (χ2v) is 5.23. The third-order valence-electron chi connectivity index (χ3n) is 3.23. The van der Waals surface area contributed by atoms with Crippen LogP contribution in [0.4, 0.5) is 38.2 Å². The van der Waals surface area contributed by atoms with Gasteiger partial charge in [0.25, 0.3) is 6.10 Å². The predicted molar refractivity (Wildman–Crippen MR) is 80.1 cm³/mol. The van der Waals surface area contributed by atoms with Crippen molar-refractivity contribution in [2.75, 3.05) is 42.9 Å². The fourth-order valence-electron chi connectivity index (χ4n) is 2.07. The van der Waals surface area contributed by atoms with Gasteiger partial charge in [0, 0.05) is 32.7 Å². The summed E-state index contributed by atoms with van der Waals surface area (Å²) >= 11 is 0. The van der Waals surface area contributed by atoms with Gasteiger partial charge >= 0.3 is 18.4 Å². The quantitative estimate of drug-likeness (QED) is 0.570. The number of piperazine rings is 1. The van der Waals surface area contributed by atoms with Crippen molar-refractivity contribution in [3.8, 4) is 6.01 Å². The highest BCUT2D eigenvalue weighted by Crippen LogP contribution is 2.36. The summed E-state index contributed by atoms with van der Waals surface area (Å²) in [5, 5.41) is 5.65. The molecule has 0 aromatic carbocycles. The molecular formula is C13H16F6N6O. The Bertz CT molecular complexity index is 602. The van der Waals surface area contributed by atoms with Crippen LogP contribution in [0.25, 0.3) is 0 Å². The van der Waals surface area contributed by atoms with Gasteiger partial charge in [-0.1, -0.05) is 6.08 Å². The minimum absolute atomic E-state index is 0.0776. The molecule has 13 heteroatoms. The first-order valence-corrected chi connectivity index (χ1v) is 7.48. The zero-order valence-corrected chi connectivity index (χ0v) is 13.4. The predicted octanol–water partition coefficient (Wildman–Crippen LogP) is 1.75. The molecule has 1 fully saturated rings. The van der Waals surface area contributed by atoms with Crippen LogP contribution in [0, 0.1) is 0 Å². The van der Waals surface area contributed by atoms with E-state index in [4.69, 9.17) is 0 Å². The van der Waals surface area contributed by atoms with Crippen LogP contribution in [-0.2, 0) is 0 Å². The highest BCUT2D eigenvalue weighted by molar-refractivity contribution is 5.39. The van der Waals surface area contributed by atoms with Gasteiger partial charge in [-0.05, 0) is 0 Å². The van der Waals surface area contributed by atoms with Gasteiger partial charge in [-0.3, -0.25) is 0 Å². The molecule has 0 radical (unpaired) electrons. The molecule has 0 saturated carbocycles. The summed E-state index contributed by atoms with van der Waals surface area (Å²) in [4.78, 5) is 12.7. The Kier molecular flexibility index (Phi) is 6.10. The maximum atomic E-state index is 12.7. The number of rotatable bonds is 6. The Morgan fingerprint density at radius 3 is 2.27 bits per heavy atom. The number of aromatic nitrogens is 3. The lowest BCUT2D eigenvalue weighted by Crippen LogP contribution is -2.47. The number of halogens is 6. The molecule has 146 valence electrons. The third kappa shape index (κ3) is 5.34. The third-order valence-corrected chi connectivity index (χ3v) is 3.23. The summed E-state index contributed by atoms with van der Waals surface area (Å²) < 4.78 is 80.3. The number of hydrogen-bond acceptors (Lipinski definition) is 7. The molecule has 1 aromatic rings. The van der Waals surface area contributed by atoms with Crippen LogP contribution in [0.5, 0.6) is 6.01 Å². The summed E-state index contributed by atoms with van der Waals surface area (Å²) in [6.07, 6.45) is -14.0. The topological polar surface area (TPSA) is 75.2 Å².